The van der Waals surface area contributed by atoms with Gasteiger partial charge in [-0.1, -0.05) is 6.92 Å². The number of esters is 2. The molecule has 1 rings (SSSR count). The van der Waals surface area contributed by atoms with Gasteiger partial charge in [-0.25, -0.2) is 0 Å². The summed E-state index contributed by atoms with van der Waals surface area (Å²) in [7, 11) is 0. The molecule has 2 unspecified atom stereocenters. The predicted octanol–water partition coefficient (Wildman–Crippen LogP) is -0.749. The molecule has 1 heterocycles. The molecule has 0 aromatic rings. The van der Waals surface area contributed by atoms with Crippen molar-refractivity contribution in [3.8, 4) is 0 Å². The molecule has 0 aromatic heterocycles. The molecule has 204 valence electrons. The van der Waals surface area contributed by atoms with Crippen LogP contribution in [-0.4, -0.2) is 84.0 Å². The number of hydrogen-bond donors (Lipinski definition) is 5. The average Bonchev–Trinajstić information content (AvgIpc) is 3.14. The summed E-state index contributed by atoms with van der Waals surface area (Å²) in [5, 5.41) is 13.9. The number of rotatable bonds is 14. The van der Waals surface area contributed by atoms with Gasteiger partial charge in [0.05, 0.1) is 0 Å². The Morgan fingerprint density at radius 1 is 1.06 bits per heavy atom. The van der Waals surface area contributed by atoms with E-state index in [2.05, 4.69) is 15.6 Å². The summed E-state index contributed by atoms with van der Waals surface area (Å²) in [6.07, 6.45) is 1.99. The SMILES string of the molecule is CC1C(OC(=O)[C@@H](N)CCC(=O)NCC(=O)OC(C)(C)C)C=N[C@H]1C(=O)NCCCC[C@@H](N)C(=O)O. The van der Waals surface area contributed by atoms with Crippen LogP contribution in [0.4, 0.5) is 0 Å². The quantitative estimate of drug-likeness (QED) is 0.145. The molecule has 1 aliphatic rings. The fourth-order valence-electron chi connectivity index (χ4n) is 3.26. The topological polar surface area (TPSA) is 212 Å². The van der Waals surface area contributed by atoms with Crippen LogP contribution in [0, 0.1) is 5.92 Å². The number of nitrogens with one attached hydrogen (secondary N) is 2. The van der Waals surface area contributed by atoms with Gasteiger partial charge in [0.25, 0.3) is 0 Å². The molecule has 0 radical (unpaired) electrons. The first-order valence-electron chi connectivity index (χ1n) is 11.9. The molecule has 0 saturated carbocycles. The second-order valence-corrected chi connectivity index (χ2v) is 9.74. The van der Waals surface area contributed by atoms with Crippen molar-refractivity contribution in [3.63, 3.8) is 0 Å². The lowest BCUT2D eigenvalue weighted by molar-refractivity contribution is -0.154. The van der Waals surface area contributed by atoms with E-state index < -0.39 is 59.6 Å². The van der Waals surface area contributed by atoms with Crippen molar-refractivity contribution >= 4 is 35.9 Å². The van der Waals surface area contributed by atoms with Crippen molar-refractivity contribution in [2.24, 2.45) is 22.4 Å². The van der Waals surface area contributed by atoms with E-state index >= 15 is 0 Å². The number of nitrogens with two attached hydrogens (primary N) is 2. The molecule has 0 spiro atoms. The zero-order chi connectivity index (χ0) is 27.5. The van der Waals surface area contributed by atoms with E-state index in [0.29, 0.717) is 25.8 Å². The number of amides is 2. The maximum atomic E-state index is 12.4. The van der Waals surface area contributed by atoms with Crippen molar-refractivity contribution in [2.45, 2.75) is 89.6 Å². The van der Waals surface area contributed by atoms with Gasteiger partial charge in [-0.2, -0.15) is 0 Å². The maximum absolute atomic E-state index is 12.4. The molecule has 36 heavy (non-hydrogen) atoms. The first kappa shape index (κ1) is 31.0. The van der Waals surface area contributed by atoms with Crippen molar-refractivity contribution < 1.29 is 38.6 Å². The Morgan fingerprint density at radius 2 is 1.72 bits per heavy atom. The normalized spacial score (nSPS) is 20.8. The molecule has 0 aromatic carbocycles. The molecule has 1 aliphatic heterocycles. The van der Waals surface area contributed by atoms with E-state index in [1.165, 1.54) is 6.21 Å². The molecular weight excluding hydrogens is 474 g/mol. The summed E-state index contributed by atoms with van der Waals surface area (Å²) in [4.78, 5) is 63.1. The Kier molecular flexibility index (Phi) is 12.5. The van der Waals surface area contributed by atoms with Gasteiger partial charge >= 0.3 is 17.9 Å². The second-order valence-electron chi connectivity index (χ2n) is 9.74. The zero-order valence-corrected chi connectivity index (χ0v) is 21.3. The first-order chi connectivity index (χ1) is 16.7. The number of nitrogens with zero attached hydrogens (tertiary/aromatic N) is 1. The minimum absolute atomic E-state index is 0.00663. The minimum atomic E-state index is -1.07. The molecule has 7 N–H and O–H groups in total. The molecule has 2 amide bonds. The highest BCUT2D eigenvalue weighted by atomic mass is 16.6. The first-order valence-corrected chi connectivity index (χ1v) is 11.9. The number of carbonyl (C=O) groups is 5. The van der Waals surface area contributed by atoms with Gasteiger partial charge < -0.3 is 36.7 Å². The van der Waals surface area contributed by atoms with Gasteiger partial charge in [0.1, 0.15) is 36.4 Å². The Hall–Kier alpha value is -3.06. The molecule has 0 aliphatic carbocycles. The highest BCUT2D eigenvalue weighted by Crippen LogP contribution is 2.21. The third kappa shape index (κ3) is 11.6. The standard InChI is InChI=1S/C23H39N5O8/c1-13-16(11-28-19(13)20(31)26-10-6-5-7-14(24)21(32)33)35-22(34)15(25)8-9-17(29)27-12-18(30)36-23(2,3)4/h11,13-16,19H,5-10,12,24-25H2,1-4H3,(H,26,31)(H,27,29)(H,32,33)/t13?,14-,15+,16?,19-/m1/s1. The fourth-order valence-corrected chi connectivity index (χ4v) is 3.26. The van der Waals surface area contributed by atoms with Crippen LogP contribution in [0.15, 0.2) is 4.99 Å². The van der Waals surface area contributed by atoms with Crippen molar-refractivity contribution in [2.75, 3.05) is 13.1 Å². The number of carboxylic acid groups (broad SMARTS) is 1. The van der Waals surface area contributed by atoms with Gasteiger partial charge in [0.15, 0.2) is 0 Å². The fraction of sp³-hybridized carbons (Fsp3) is 0.739. The van der Waals surface area contributed by atoms with Crippen LogP contribution in [0.2, 0.25) is 0 Å². The van der Waals surface area contributed by atoms with Crippen LogP contribution in [0.3, 0.4) is 0 Å². The lowest BCUT2D eigenvalue weighted by atomic mass is 9.99. The number of hydrogen-bond acceptors (Lipinski definition) is 10. The summed E-state index contributed by atoms with van der Waals surface area (Å²) >= 11 is 0. The van der Waals surface area contributed by atoms with Gasteiger partial charge in [0.2, 0.25) is 11.8 Å². The third-order valence-corrected chi connectivity index (χ3v) is 5.32. The summed E-state index contributed by atoms with van der Waals surface area (Å²) in [6.45, 7) is 6.92. The Labute approximate surface area is 210 Å². The zero-order valence-electron chi connectivity index (χ0n) is 21.3. The Morgan fingerprint density at radius 3 is 2.33 bits per heavy atom. The second kappa shape index (κ2) is 14.5. The van der Waals surface area contributed by atoms with E-state index in [1.54, 1.807) is 27.7 Å². The molecule has 5 atom stereocenters. The summed E-state index contributed by atoms with van der Waals surface area (Å²) in [5.41, 5.74) is 10.6. The summed E-state index contributed by atoms with van der Waals surface area (Å²) < 4.78 is 10.5. The number of ether oxygens (including phenoxy) is 2. The monoisotopic (exact) mass is 513 g/mol. The van der Waals surface area contributed by atoms with Crippen LogP contribution in [0.1, 0.15) is 59.8 Å². The van der Waals surface area contributed by atoms with Crippen LogP contribution in [-0.2, 0) is 33.4 Å². The smallest absolute Gasteiger partial charge is 0.325 e. The van der Waals surface area contributed by atoms with E-state index in [4.69, 9.17) is 26.0 Å². The predicted molar refractivity (Wildman–Crippen MR) is 130 cm³/mol. The van der Waals surface area contributed by atoms with Gasteiger partial charge in [-0.3, -0.25) is 29.0 Å². The number of unbranched alkanes of at least 4 members (excludes halogenated alkanes) is 1. The highest BCUT2D eigenvalue weighted by Gasteiger charge is 2.37. The van der Waals surface area contributed by atoms with E-state index in [-0.39, 0.29) is 25.3 Å². The molecule has 13 nitrogen and oxygen atoms in total. The van der Waals surface area contributed by atoms with E-state index in [9.17, 15) is 24.0 Å². The molecular formula is C23H39N5O8. The number of aliphatic carboxylic acids is 1. The summed E-state index contributed by atoms with van der Waals surface area (Å²) in [6, 6.07) is -2.73. The van der Waals surface area contributed by atoms with Crippen molar-refractivity contribution in [1.82, 2.24) is 10.6 Å². The lowest BCUT2D eigenvalue weighted by Crippen LogP contribution is -2.42. The molecule has 0 fully saturated rings. The van der Waals surface area contributed by atoms with E-state index in [0.717, 1.165) is 0 Å². The van der Waals surface area contributed by atoms with Crippen LogP contribution < -0.4 is 22.1 Å². The van der Waals surface area contributed by atoms with Crippen LogP contribution >= 0.6 is 0 Å². The number of aliphatic imine (C=N–C) groups is 1. The van der Waals surface area contributed by atoms with Crippen LogP contribution in [0.5, 0.6) is 0 Å². The Balaban J connectivity index is 2.33. The molecule has 0 saturated heterocycles. The minimum Gasteiger partial charge on any atom is -0.480 e. The summed E-state index contributed by atoms with van der Waals surface area (Å²) in [5.74, 6) is -3.56. The van der Waals surface area contributed by atoms with Gasteiger partial charge in [-0.15, -0.1) is 0 Å². The maximum Gasteiger partial charge on any atom is 0.325 e. The number of carboxylic acids is 1. The van der Waals surface area contributed by atoms with Crippen LogP contribution in [0.25, 0.3) is 0 Å². The highest BCUT2D eigenvalue weighted by molar-refractivity contribution is 5.88. The lowest BCUT2D eigenvalue weighted by Gasteiger charge is -2.21. The largest absolute Gasteiger partial charge is 0.480 e. The molecule has 0 bridgehead atoms. The third-order valence-electron chi connectivity index (χ3n) is 5.32. The van der Waals surface area contributed by atoms with Gasteiger partial charge in [-0.05, 0) is 46.5 Å². The van der Waals surface area contributed by atoms with Gasteiger partial charge in [0, 0.05) is 25.1 Å². The number of carbonyl (C=O) groups excluding carboxylic acids is 4. The molecule has 13 heteroatoms. The van der Waals surface area contributed by atoms with Crippen molar-refractivity contribution in [3.05, 3.63) is 0 Å². The van der Waals surface area contributed by atoms with E-state index in [1.807, 2.05) is 0 Å². The Bertz CT molecular complexity index is 826. The van der Waals surface area contributed by atoms with Crippen molar-refractivity contribution in [1.29, 1.82) is 0 Å². The average molecular weight is 514 g/mol.